The Morgan fingerprint density at radius 3 is 1.48 bits per heavy atom. The van der Waals surface area contributed by atoms with Gasteiger partial charge in [0.2, 0.25) is 0 Å². The maximum atomic E-state index is 2.54. The lowest BCUT2D eigenvalue weighted by Crippen LogP contribution is -2.25. The van der Waals surface area contributed by atoms with Crippen LogP contribution in [-0.2, 0) is 6.42 Å². The highest BCUT2D eigenvalue weighted by atomic mass is 15.2. The van der Waals surface area contributed by atoms with E-state index in [2.05, 4.69) is 237 Å². The molecule has 0 saturated heterocycles. The van der Waals surface area contributed by atoms with Gasteiger partial charge in [-0.15, -0.1) is 0 Å². The van der Waals surface area contributed by atoms with Gasteiger partial charge in [0.1, 0.15) is 0 Å². The number of para-hydroxylation sites is 6. The first kappa shape index (κ1) is 34.8. The fourth-order valence-corrected chi connectivity index (χ4v) is 10.5. The highest BCUT2D eigenvalue weighted by Gasteiger charge is 2.34. The summed E-state index contributed by atoms with van der Waals surface area (Å²) in [6.07, 6.45) is 4.34. The molecule has 0 fully saturated rings. The normalized spacial score (nSPS) is 13.1. The van der Waals surface area contributed by atoms with Crippen LogP contribution in [0.2, 0.25) is 0 Å². The number of anilines is 5. The number of fused-ring (bicyclic) bond motifs is 8. The number of rotatable bonds is 6. The molecule has 0 amide bonds. The molecule has 2 aliphatic rings. The van der Waals surface area contributed by atoms with E-state index in [9.17, 15) is 0 Å². The Morgan fingerprint density at radius 1 is 0.387 bits per heavy atom. The molecule has 0 N–H and O–H groups in total. The standard InChI is InChI=1S/C58H40N4/c1-4-17-39(18-5-1)60-52-28-14-11-24-45(52)49-37-42(31-34-55(49)60)59(43-32-35-56-50(38-43)46-25-12-15-29-53(46)61(56)40-19-6-2-7-20-40)54-36-33-47-44-23-10-13-27-51(44)62(41-21-8-3-9-22-41)57-30-16-26-48(54)58(47)57/h1-15,17-25,27-38H,16,26H2. The van der Waals surface area contributed by atoms with Crippen molar-refractivity contribution in [3.05, 3.63) is 230 Å². The molecule has 4 heteroatoms. The van der Waals surface area contributed by atoms with Gasteiger partial charge in [-0.1, -0.05) is 121 Å². The zero-order chi connectivity index (χ0) is 40.7. The van der Waals surface area contributed by atoms with Crippen molar-refractivity contribution in [2.45, 2.75) is 12.8 Å². The predicted octanol–water partition coefficient (Wildman–Crippen LogP) is 15.5. The number of nitrogens with zero attached hydrogens (tertiary/aromatic N) is 4. The van der Waals surface area contributed by atoms with Crippen LogP contribution in [0.3, 0.4) is 0 Å². The highest BCUT2D eigenvalue weighted by Crippen LogP contribution is 2.54. The van der Waals surface area contributed by atoms with E-state index in [1.54, 1.807) is 0 Å². The van der Waals surface area contributed by atoms with E-state index in [1.807, 2.05) is 0 Å². The highest BCUT2D eigenvalue weighted by molar-refractivity contribution is 6.13. The molecule has 2 aromatic heterocycles. The average Bonchev–Trinajstić information content (AvgIpc) is 3.85. The molecule has 4 nitrogen and oxygen atoms in total. The number of hydrogen-bond acceptors (Lipinski definition) is 2. The minimum atomic E-state index is 0.939. The van der Waals surface area contributed by atoms with Gasteiger partial charge in [0.15, 0.2) is 0 Å². The summed E-state index contributed by atoms with van der Waals surface area (Å²) in [5.74, 6) is 0. The Balaban J connectivity index is 1.09. The molecule has 1 aliphatic carbocycles. The van der Waals surface area contributed by atoms with Gasteiger partial charge >= 0.3 is 0 Å². The van der Waals surface area contributed by atoms with Crippen molar-refractivity contribution in [2.75, 3.05) is 9.80 Å². The van der Waals surface area contributed by atoms with E-state index in [0.29, 0.717) is 0 Å². The summed E-state index contributed by atoms with van der Waals surface area (Å²) in [5.41, 5.74) is 19.5. The summed E-state index contributed by atoms with van der Waals surface area (Å²) in [4.78, 5) is 5.01. The molecule has 0 unspecified atom stereocenters. The smallest absolute Gasteiger partial charge is 0.0542 e. The first-order valence-corrected chi connectivity index (χ1v) is 21.6. The molecule has 1 aliphatic heterocycles. The molecule has 0 bridgehead atoms. The first-order valence-electron chi connectivity index (χ1n) is 21.6. The van der Waals surface area contributed by atoms with Crippen molar-refractivity contribution in [3.8, 4) is 22.5 Å². The molecule has 0 spiro atoms. The SMILES string of the molecule is C1=C2c3c(ccc(N(c4ccc5c(c4)c4ccccc4n5-c4ccccc4)c4ccc5c(c4)c4ccccc4n5-c4ccccc4)c3CC1)-c1ccccc1N2c1ccccc1. The number of aromatic nitrogens is 2. The van der Waals surface area contributed by atoms with Gasteiger partial charge in [0.05, 0.1) is 39.1 Å². The van der Waals surface area contributed by atoms with Gasteiger partial charge in [0, 0.05) is 61.1 Å². The molecule has 0 atom stereocenters. The molecule has 11 aromatic rings. The summed E-state index contributed by atoms with van der Waals surface area (Å²) < 4.78 is 4.80. The lowest BCUT2D eigenvalue weighted by atomic mass is 9.82. The molecule has 0 radical (unpaired) electrons. The predicted molar refractivity (Wildman–Crippen MR) is 260 cm³/mol. The Kier molecular flexibility index (Phi) is 7.70. The van der Waals surface area contributed by atoms with Crippen LogP contribution in [0.25, 0.3) is 71.8 Å². The maximum absolute atomic E-state index is 2.54. The molecule has 3 heterocycles. The quantitative estimate of drug-likeness (QED) is 0.167. The maximum Gasteiger partial charge on any atom is 0.0542 e. The van der Waals surface area contributed by atoms with E-state index in [0.717, 1.165) is 35.6 Å². The van der Waals surface area contributed by atoms with Crippen molar-refractivity contribution in [3.63, 3.8) is 0 Å². The van der Waals surface area contributed by atoms with E-state index >= 15 is 0 Å². The topological polar surface area (TPSA) is 16.3 Å². The summed E-state index contributed by atoms with van der Waals surface area (Å²) >= 11 is 0. The molecular weight excluding hydrogens is 753 g/mol. The fraction of sp³-hybridized carbons (Fsp3) is 0.0345. The third-order valence-electron chi connectivity index (χ3n) is 13.1. The van der Waals surface area contributed by atoms with Gasteiger partial charge in [-0.25, -0.2) is 0 Å². The van der Waals surface area contributed by atoms with Crippen LogP contribution < -0.4 is 9.80 Å². The van der Waals surface area contributed by atoms with E-state index in [-0.39, 0.29) is 0 Å². The van der Waals surface area contributed by atoms with Crippen molar-refractivity contribution >= 4 is 77.7 Å². The Hall–Kier alpha value is -8.08. The van der Waals surface area contributed by atoms with Gasteiger partial charge in [-0.3, -0.25) is 0 Å². The minimum Gasteiger partial charge on any atom is -0.310 e. The lowest BCUT2D eigenvalue weighted by Gasteiger charge is -2.40. The van der Waals surface area contributed by atoms with E-state index in [4.69, 9.17) is 0 Å². The summed E-state index contributed by atoms with van der Waals surface area (Å²) in [6.45, 7) is 0. The van der Waals surface area contributed by atoms with Gasteiger partial charge in [0.25, 0.3) is 0 Å². The van der Waals surface area contributed by atoms with Gasteiger partial charge in [-0.05, 0) is 121 Å². The van der Waals surface area contributed by atoms with E-state index < -0.39 is 0 Å². The van der Waals surface area contributed by atoms with E-state index in [1.165, 1.54) is 88.6 Å². The van der Waals surface area contributed by atoms with Crippen molar-refractivity contribution < 1.29 is 0 Å². The Morgan fingerprint density at radius 2 is 0.887 bits per heavy atom. The minimum absolute atomic E-state index is 0.939. The summed E-state index contributed by atoms with van der Waals surface area (Å²) in [5, 5.41) is 4.93. The van der Waals surface area contributed by atoms with Gasteiger partial charge in [-0.2, -0.15) is 0 Å². The van der Waals surface area contributed by atoms with Crippen LogP contribution in [0.5, 0.6) is 0 Å². The van der Waals surface area contributed by atoms with Crippen molar-refractivity contribution in [2.24, 2.45) is 0 Å². The fourth-order valence-electron chi connectivity index (χ4n) is 10.5. The molecule has 9 aromatic carbocycles. The number of hydrogen-bond donors (Lipinski definition) is 0. The second-order valence-electron chi connectivity index (χ2n) is 16.4. The second kappa shape index (κ2) is 13.7. The third-order valence-corrected chi connectivity index (χ3v) is 13.1. The van der Waals surface area contributed by atoms with Gasteiger partial charge < -0.3 is 18.9 Å². The molecule has 0 saturated carbocycles. The van der Waals surface area contributed by atoms with Crippen LogP contribution in [0.15, 0.2) is 218 Å². The van der Waals surface area contributed by atoms with Crippen LogP contribution in [0.4, 0.5) is 28.4 Å². The Bertz CT molecular complexity index is 3420. The number of allylic oxidation sites excluding steroid dienone is 1. The van der Waals surface area contributed by atoms with Crippen molar-refractivity contribution in [1.82, 2.24) is 9.13 Å². The molecule has 292 valence electrons. The summed E-state index contributed by atoms with van der Waals surface area (Å²) in [6, 6.07) is 77.8. The average molecular weight is 793 g/mol. The largest absolute Gasteiger partial charge is 0.310 e. The Labute approximate surface area is 360 Å². The van der Waals surface area contributed by atoms with Crippen LogP contribution in [0, 0.1) is 0 Å². The molecule has 13 rings (SSSR count). The zero-order valence-corrected chi connectivity index (χ0v) is 34.0. The second-order valence-corrected chi connectivity index (χ2v) is 16.4. The zero-order valence-electron chi connectivity index (χ0n) is 34.0. The third kappa shape index (κ3) is 5.13. The molecular formula is C58H40N4. The lowest BCUT2D eigenvalue weighted by molar-refractivity contribution is 0.960. The van der Waals surface area contributed by atoms with Crippen LogP contribution >= 0.6 is 0 Å². The molecule has 62 heavy (non-hydrogen) atoms. The number of benzene rings is 9. The van der Waals surface area contributed by atoms with Crippen LogP contribution in [0.1, 0.15) is 17.5 Å². The summed E-state index contributed by atoms with van der Waals surface area (Å²) in [7, 11) is 0. The first-order chi connectivity index (χ1) is 30.8. The van der Waals surface area contributed by atoms with Crippen LogP contribution in [-0.4, -0.2) is 9.13 Å². The monoisotopic (exact) mass is 792 g/mol. The van der Waals surface area contributed by atoms with Crippen molar-refractivity contribution in [1.29, 1.82) is 0 Å².